The SMILES string of the molecule is CC(=O)OCC[C@]12COC[C@H]1[C@]1(C)CC[C@@H]3[C@@](C)(C1[C@H](OC(C)=O)[C@@H]2OC(C)=O)[C@H](OC(C)=O)C=C(C)[C@]3(O)CCc1cccc(C)c1. The highest BCUT2D eigenvalue weighted by molar-refractivity contribution is 5.68. The molecule has 5 rings (SSSR count). The number of hydrogen-bond donors (Lipinski definition) is 1. The van der Waals surface area contributed by atoms with Crippen LogP contribution in [-0.4, -0.2) is 72.7 Å². The Morgan fingerprint density at radius 1 is 0.917 bits per heavy atom. The van der Waals surface area contributed by atoms with Gasteiger partial charge in [-0.15, -0.1) is 0 Å². The van der Waals surface area contributed by atoms with Gasteiger partial charge in [-0.25, -0.2) is 0 Å². The van der Waals surface area contributed by atoms with E-state index in [4.69, 9.17) is 23.7 Å². The summed E-state index contributed by atoms with van der Waals surface area (Å²) >= 11 is 0. The lowest BCUT2D eigenvalue weighted by molar-refractivity contribution is -0.287. The molecule has 48 heavy (non-hydrogen) atoms. The van der Waals surface area contributed by atoms with Crippen LogP contribution in [0.1, 0.15) is 85.3 Å². The van der Waals surface area contributed by atoms with Crippen molar-refractivity contribution in [2.24, 2.45) is 34.0 Å². The molecule has 1 saturated heterocycles. The van der Waals surface area contributed by atoms with Crippen molar-refractivity contribution in [3.8, 4) is 0 Å². The Morgan fingerprint density at radius 3 is 2.23 bits per heavy atom. The van der Waals surface area contributed by atoms with Gasteiger partial charge in [-0.3, -0.25) is 19.2 Å². The Kier molecular flexibility index (Phi) is 9.94. The summed E-state index contributed by atoms with van der Waals surface area (Å²) < 4.78 is 30.2. The largest absolute Gasteiger partial charge is 0.466 e. The molecule has 1 unspecified atom stereocenters. The van der Waals surface area contributed by atoms with Crippen LogP contribution < -0.4 is 0 Å². The Hall–Kier alpha value is -3.24. The second kappa shape index (κ2) is 13.2. The van der Waals surface area contributed by atoms with E-state index < -0.39 is 75.9 Å². The number of benzene rings is 1. The molecule has 0 radical (unpaired) electrons. The van der Waals surface area contributed by atoms with Crippen LogP contribution in [0.2, 0.25) is 0 Å². The molecule has 264 valence electrons. The van der Waals surface area contributed by atoms with Crippen LogP contribution in [0, 0.1) is 40.9 Å². The second-order valence-electron chi connectivity index (χ2n) is 15.2. The molecule has 1 aromatic carbocycles. The minimum atomic E-state index is -1.26. The average molecular weight is 669 g/mol. The molecule has 1 aliphatic heterocycles. The van der Waals surface area contributed by atoms with Crippen molar-refractivity contribution in [1.82, 2.24) is 0 Å². The highest BCUT2D eigenvalue weighted by Crippen LogP contribution is 2.72. The monoisotopic (exact) mass is 668 g/mol. The van der Waals surface area contributed by atoms with Crippen LogP contribution >= 0.6 is 0 Å². The first kappa shape index (κ1) is 36.1. The third-order valence-corrected chi connectivity index (χ3v) is 12.4. The molecule has 0 bridgehead atoms. The summed E-state index contributed by atoms with van der Waals surface area (Å²) in [5.74, 6) is -3.07. The number of carbonyl (C=O) groups excluding carboxylic acids is 4. The Bertz CT molecular complexity index is 1470. The van der Waals surface area contributed by atoms with E-state index in [2.05, 4.69) is 19.1 Å². The number of fused-ring (bicyclic) bond motifs is 5. The third kappa shape index (κ3) is 6.08. The number of carbonyl (C=O) groups is 4. The fourth-order valence-electron chi connectivity index (χ4n) is 10.6. The molecule has 0 aromatic heterocycles. The van der Waals surface area contributed by atoms with Crippen molar-refractivity contribution in [1.29, 1.82) is 0 Å². The molecule has 1 N–H and O–H groups in total. The van der Waals surface area contributed by atoms with Gasteiger partial charge < -0.3 is 28.8 Å². The number of hydrogen-bond acceptors (Lipinski definition) is 10. The normalized spacial score (nSPS) is 38.4. The van der Waals surface area contributed by atoms with Crippen LogP contribution in [-0.2, 0) is 49.3 Å². The molecule has 10 nitrogen and oxygen atoms in total. The lowest BCUT2D eigenvalue weighted by atomic mass is 9.36. The van der Waals surface area contributed by atoms with E-state index in [1.54, 1.807) is 0 Å². The van der Waals surface area contributed by atoms with Crippen LogP contribution in [0.4, 0.5) is 0 Å². The van der Waals surface area contributed by atoms with Gasteiger partial charge in [-0.05, 0) is 74.5 Å². The van der Waals surface area contributed by atoms with Gasteiger partial charge >= 0.3 is 23.9 Å². The zero-order valence-electron chi connectivity index (χ0n) is 29.6. The van der Waals surface area contributed by atoms with Crippen molar-refractivity contribution < 1.29 is 48.0 Å². The third-order valence-electron chi connectivity index (χ3n) is 12.4. The molecular weight excluding hydrogens is 616 g/mol. The Labute approximate surface area is 283 Å². The van der Waals surface area contributed by atoms with E-state index in [-0.39, 0.29) is 19.1 Å². The molecule has 2 saturated carbocycles. The van der Waals surface area contributed by atoms with Gasteiger partial charge in [0.15, 0.2) is 0 Å². The summed E-state index contributed by atoms with van der Waals surface area (Å²) in [6.07, 6.45) is 1.88. The predicted octanol–water partition coefficient (Wildman–Crippen LogP) is 5.05. The lowest BCUT2D eigenvalue weighted by Crippen LogP contribution is -2.74. The lowest BCUT2D eigenvalue weighted by Gasteiger charge is -2.70. The molecule has 0 spiro atoms. The van der Waals surface area contributed by atoms with Gasteiger partial charge in [0.25, 0.3) is 0 Å². The summed E-state index contributed by atoms with van der Waals surface area (Å²) in [5, 5.41) is 12.9. The van der Waals surface area contributed by atoms with Gasteiger partial charge in [0.2, 0.25) is 0 Å². The van der Waals surface area contributed by atoms with E-state index in [0.717, 1.165) is 16.7 Å². The molecular formula is C38H52O10. The van der Waals surface area contributed by atoms with Crippen molar-refractivity contribution >= 4 is 23.9 Å². The summed E-state index contributed by atoms with van der Waals surface area (Å²) in [6.45, 7) is 14.2. The van der Waals surface area contributed by atoms with Gasteiger partial charge in [0, 0.05) is 50.4 Å². The van der Waals surface area contributed by atoms with Gasteiger partial charge in [-0.2, -0.15) is 0 Å². The number of rotatable bonds is 9. The molecule has 3 aliphatic carbocycles. The van der Waals surface area contributed by atoms with E-state index in [1.165, 1.54) is 27.7 Å². The van der Waals surface area contributed by atoms with Crippen molar-refractivity contribution in [2.75, 3.05) is 19.8 Å². The van der Waals surface area contributed by atoms with E-state index >= 15 is 0 Å². The van der Waals surface area contributed by atoms with Crippen LogP contribution in [0.25, 0.3) is 0 Å². The Morgan fingerprint density at radius 2 is 1.60 bits per heavy atom. The number of ether oxygens (including phenoxy) is 5. The summed E-state index contributed by atoms with van der Waals surface area (Å²) in [4.78, 5) is 50.4. The predicted molar refractivity (Wildman–Crippen MR) is 175 cm³/mol. The minimum Gasteiger partial charge on any atom is -0.466 e. The van der Waals surface area contributed by atoms with E-state index in [1.807, 2.05) is 39.0 Å². The van der Waals surface area contributed by atoms with Gasteiger partial charge in [-0.1, -0.05) is 43.7 Å². The number of aliphatic hydroxyl groups is 1. The quantitative estimate of drug-likeness (QED) is 0.216. The van der Waals surface area contributed by atoms with E-state index in [0.29, 0.717) is 38.7 Å². The maximum Gasteiger partial charge on any atom is 0.303 e. The first-order valence-electron chi connectivity index (χ1n) is 17.2. The second-order valence-corrected chi connectivity index (χ2v) is 15.2. The Balaban J connectivity index is 1.69. The number of aryl methyl sites for hydroxylation is 2. The zero-order valence-corrected chi connectivity index (χ0v) is 29.6. The van der Waals surface area contributed by atoms with Gasteiger partial charge in [0.1, 0.15) is 18.3 Å². The molecule has 0 amide bonds. The van der Waals surface area contributed by atoms with Crippen LogP contribution in [0.15, 0.2) is 35.9 Å². The first-order valence-corrected chi connectivity index (χ1v) is 17.2. The summed E-state index contributed by atoms with van der Waals surface area (Å²) in [6, 6.07) is 8.25. The maximum atomic E-state index is 13.0. The van der Waals surface area contributed by atoms with E-state index in [9.17, 15) is 24.3 Å². The molecule has 10 atom stereocenters. The highest BCUT2D eigenvalue weighted by atomic mass is 16.6. The minimum absolute atomic E-state index is 0.0805. The topological polar surface area (TPSA) is 135 Å². The molecule has 4 aliphatic rings. The molecule has 3 fully saturated rings. The fourth-order valence-corrected chi connectivity index (χ4v) is 10.6. The van der Waals surface area contributed by atoms with Crippen molar-refractivity contribution in [3.05, 3.63) is 47.0 Å². The van der Waals surface area contributed by atoms with Crippen molar-refractivity contribution in [2.45, 2.75) is 111 Å². The zero-order chi connectivity index (χ0) is 35.2. The fraction of sp³-hybridized carbons (Fsp3) is 0.684. The average Bonchev–Trinajstić information content (AvgIpc) is 3.42. The maximum absolute atomic E-state index is 13.0. The van der Waals surface area contributed by atoms with Crippen LogP contribution in [0.3, 0.4) is 0 Å². The molecule has 1 aromatic rings. The highest BCUT2D eigenvalue weighted by Gasteiger charge is 2.76. The summed E-state index contributed by atoms with van der Waals surface area (Å²) in [5.41, 5.74) is -0.622. The molecule has 10 heteroatoms. The molecule has 1 heterocycles. The summed E-state index contributed by atoms with van der Waals surface area (Å²) in [7, 11) is 0. The standard InChI is InChI=1S/C38H52O10/c1-22-10-9-11-28(18-22)12-15-38(43)23(2)19-31(46-25(4)40)36(8)29(38)13-14-35(7)30-20-44-21-37(30,16-17-45-24(3)39)34(48-27(6)42)32(33(35)36)47-26(5)41/h9-11,18-19,29-34,43H,12-17,20-21H2,1-8H3/t29-,30+,31-,32+,33?,34+,35+,36-,37+,38-/m1/s1. The first-order chi connectivity index (χ1) is 22.5. The smallest absolute Gasteiger partial charge is 0.303 e. The van der Waals surface area contributed by atoms with Gasteiger partial charge in [0.05, 0.1) is 25.4 Å². The van der Waals surface area contributed by atoms with Crippen molar-refractivity contribution in [3.63, 3.8) is 0 Å². The van der Waals surface area contributed by atoms with Crippen LogP contribution in [0.5, 0.6) is 0 Å². The number of esters is 4.